The molecular formula is C16H20FN3. The largest absolute Gasteiger partial charge is 0.381 e. The Morgan fingerprint density at radius 3 is 2.20 bits per heavy atom. The van der Waals surface area contributed by atoms with E-state index in [2.05, 4.69) is 35.9 Å². The standard InChI is InChI=1S/C16H20FN3/c1-4-16(5-2,12-9-7-6-8-10-12)15-19-11(3)13(17)14(18)20-15/h6-10H,4-5H2,1-3H3,(H2,18,19,20). The van der Waals surface area contributed by atoms with Gasteiger partial charge < -0.3 is 5.73 Å². The molecule has 4 heteroatoms. The SMILES string of the molecule is CCC(CC)(c1ccccc1)c1nc(C)c(F)c(N)n1. The van der Waals surface area contributed by atoms with Crippen LogP contribution in [0.5, 0.6) is 0 Å². The van der Waals surface area contributed by atoms with Crippen molar-refractivity contribution in [1.29, 1.82) is 0 Å². The summed E-state index contributed by atoms with van der Waals surface area (Å²) < 4.78 is 13.7. The minimum absolute atomic E-state index is 0.0743. The molecule has 0 fully saturated rings. The molecule has 0 aliphatic carbocycles. The maximum absolute atomic E-state index is 13.7. The van der Waals surface area contributed by atoms with E-state index in [-0.39, 0.29) is 11.2 Å². The maximum atomic E-state index is 13.7. The van der Waals surface area contributed by atoms with Crippen molar-refractivity contribution < 1.29 is 4.39 Å². The minimum atomic E-state index is -0.525. The number of rotatable bonds is 4. The molecule has 0 bridgehead atoms. The van der Waals surface area contributed by atoms with E-state index in [0.29, 0.717) is 11.5 Å². The highest BCUT2D eigenvalue weighted by molar-refractivity contribution is 5.38. The number of nitrogens with two attached hydrogens (primary N) is 1. The Hall–Kier alpha value is -1.97. The van der Waals surface area contributed by atoms with Crippen LogP contribution in [0.3, 0.4) is 0 Å². The third-order valence-electron chi connectivity index (χ3n) is 4.00. The molecule has 0 atom stereocenters. The van der Waals surface area contributed by atoms with E-state index < -0.39 is 5.82 Å². The van der Waals surface area contributed by atoms with Gasteiger partial charge in [0.2, 0.25) is 0 Å². The molecular weight excluding hydrogens is 253 g/mol. The monoisotopic (exact) mass is 273 g/mol. The Labute approximate surface area is 119 Å². The number of hydrogen-bond donors (Lipinski definition) is 1. The fourth-order valence-corrected chi connectivity index (χ4v) is 2.66. The van der Waals surface area contributed by atoms with Gasteiger partial charge in [0.25, 0.3) is 0 Å². The molecule has 0 aliphatic heterocycles. The van der Waals surface area contributed by atoms with Crippen LogP contribution in [-0.4, -0.2) is 9.97 Å². The first-order chi connectivity index (χ1) is 9.55. The molecule has 0 saturated carbocycles. The Bertz CT molecular complexity index is 569. The molecule has 3 nitrogen and oxygen atoms in total. The molecule has 0 spiro atoms. The summed E-state index contributed by atoms with van der Waals surface area (Å²) in [6.45, 7) is 5.81. The summed E-state index contributed by atoms with van der Waals surface area (Å²) in [5.74, 6) is 0.00252. The Morgan fingerprint density at radius 2 is 1.70 bits per heavy atom. The van der Waals surface area contributed by atoms with Crippen LogP contribution in [0.1, 0.15) is 43.8 Å². The van der Waals surface area contributed by atoms with Gasteiger partial charge in [-0.15, -0.1) is 0 Å². The summed E-state index contributed by atoms with van der Waals surface area (Å²) in [5.41, 5.74) is 6.79. The molecule has 0 aliphatic rings. The topological polar surface area (TPSA) is 51.8 Å². The molecule has 1 aromatic carbocycles. The highest BCUT2D eigenvalue weighted by Gasteiger charge is 2.34. The minimum Gasteiger partial charge on any atom is -0.381 e. The van der Waals surface area contributed by atoms with Crippen molar-refractivity contribution in [3.8, 4) is 0 Å². The van der Waals surface area contributed by atoms with Crippen LogP contribution < -0.4 is 5.73 Å². The van der Waals surface area contributed by atoms with E-state index in [1.54, 1.807) is 6.92 Å². The smallest absolute Gasteiger partial charge is 0.186 e. The highest BCUT2D eigenvalue weighted by atomic mass is 19.1. The second kappa shape index (κ2) is 5.57. The van der Waals surface area contributed by atoms with E-state index in [1.165, 1.54) is 0 Å². The van der Waals surface area contributed by atoms with E-state index in [0.717, 1.165) is 18.4 Å². The molecule has 106 valence electrons. The van der Waals surface area contributed by atoms with Gasteiger partial charge in [0.15, 0.2) is 11.6 Å². The number of aryl methyl sites for hydroxylation is 1. The van der Waals surface area contributed by atoms with Gasteiger partial charge in [0, 0.05) is 0 Å². The third-order valence-corrected chi connectivity index (χ3v) is 4.00. The quantitative estimate of drug-likeness (QED) is 0.925. The van der Waals surface area contributed by atoms with Crippen molar-refractivity contribution in [3.63, 3.8) is 0 Å². The highest BCUT2D eigenvalue weighted by Crippen LogP contribution is 2.37. The van der Waals surface area contributed by atoms with E-state index in [9.17, 15) is 4.39 Å². The first kappa shape index (κ1) is 14.4. The Morgan fingerprint density at radius 1 is 1.10 bits per heavy atom. The zero-order valence-corrected chi connectivity index (χ0v) is 12.2. The molecule has 0 radical (unpaired) electrons. The predicted molar refractivity (Wildman–Crippen MR) is 78.9 cm³/mol. The van der Waals surface area contributed by atoms with Gasteiger partial charge in [-0.2, -0.15) is 0 Å². The lowest BCUT2D eigenvalue weighted by Gasteiger charge is -2.31. The van der Waals surface area contributed by atoms with Crippen molar-refractivity contribution in [1.82, 2.24) is 9.97 Å². The number of anilines is 1. The summed E-state index contributed by atoms with van der Waals surface area (Å²) in [6, 6.07) is 10.1. The number of aromatic nitrogens is 2. The number of nitrogens with zero attached hydrogens (tertiary/aromatic N) is 2. The van der Waals surface area contributed by atoms with Crippen molar-refractivity contribution in [2.75, 3.05) is 5.73 Å². The lowest BCUT2D eigenvalue weighted by atomic mass is 9.75. The van der Waals surface area contributed by atoms with Crippen molar-refractivity contribution >= 4 is 5.82 Å². The molecule has 2 aromatic rings. The van der Waals surface area contributed by atoms with Crippen molar-refractivity contribution in [2.45, 2.75) is 39.0 Å². The van der Waals surface area contributed by atoms with Crippen LogP contribution in [0.15, 0.2) is 30.3 Å². The fourth-order valence-electron chi connectivity index (χ4n) is 2.66. The molecule has 0 unspecified atom stereocenters. The van der Waals surface area contributed by atoms with Crippen molar-refractivity contribution in [2.24, 2.45) is 0 Å². The number of halogens is 1. The molecule has 2 rings (SSSR count). The zero-order chi connectivity index (χ0) is 14.8. The van der Waals surface area contributed by atoms with Gasteiger partial charge in [-0.05, 0) is 25.3 Å². The maximum Gasteiger partial charge on any atom is 0.186 e. The summed E-state index contributed by atoms with van der Waals surface area (Å²) in [4.78, 5) is 8.57. The second-order valence-corrected chi connectivity index (χ2v) is 4.99. The van der Waals surface area contributed by atoms with Gasteiger partial charge in [-0.1, -0.05) is 44.2 Å². The van der Waals surface area contributed by atoms with Crippen LogP contribution in [0.2, 0.25) is 0 Å². The molecule has 20 heavy (non-hydrogen) atoms. The lowest BCUT2D eigenvalue weighted by molar-refractivity contribution is 0.444. The summed E-state index contributed by atoms with van der Waals surface area (Å²) in [6.07, 6.45) is 1.66. The van der Waals surface area contributed by atoms with E-state index in [4.69, 9.17) is 5.73 Å². The molecule has 1 aromatic heterocycles. The summed E-state index contributed by atoms with van der Waals surface area (Å²) in [5, 5.41) is 0. The molecule has 0 saturated heterocycles. The van der Waals surface area contributed by atoms with Crippen LogP contribution in [-0.2, 0) is 5.41 Å². The Balaban J connectivity index is 2.65. The first-order valence-corrected chi connectivity index (χ1v) is 6.90. The predicted octanol–water partition coefficient (Wildman–Crippen LogP) is 3.61. The van der Waals surface area contributed by atoms with Gasteiger partial charge in [-0.25, -0.2) is 14.4 Å². The molecule has 2 N–H and O–H groups in total. The zero-order valence-electron chi connectivity index (χ0n) is 12.2. The average molecular weight is 273 g/mol. The van der Waals surface area contributed by atoms with Gasteiger partial charge in [0.05, 0.1) is 11.1 Å². The van der Waals surface area contributed by atoms with Crippen LogP contribution in [0, 0.1) is 12.7 Å². The van der Waals surface area contributed by atoms with E-state index in [1.807, 2.05) is 18.2 Å². The number of benzene rings is 1. The second-order valence-electron chi connectivity index (χ2n) is 4.99. The number of nitrogen functional groups attached to an aromatic ring is 1. The van der Waals surface area contributed by atoms with E-state index >= 15 is 0 Å². The van der Waals surface area contributed by atoms with Gasteiger partial charge >= 0.3 is 0 Å². The summed E-state index contributed by atoms with van der Waals surface area (Å²) >= 11 is 0. The van der Waals surface area contributed by atoms with Gasteiger partial charge in [-0.3, -0.25) is 0 Å². The fraction of sp³-hybridized carbons (Fsp3) is 0.375. The lowest BCUT2D eigenvalue weighted by Crippen LogP contribution is -2.29. The summed E-state index contributed by atoms with van der Waals surface area (Å²) in [7, 11) is 0. The normalized spacial score (nSPS) is 11.6. The first-order valence-electron chi connectivity index (χ1n) is 6.90. The van der Waals surface area contributed by atoms with Crippen LogP contribution >= 0.6 is 0 Å². The number of hydrogen-bond acceptors (Lipinski definition) is 3. The van der Waals surface area contributed by atoms with Gasteiger partial charge in [0.1, 0.15) is 5.82 Å². The molecule has 0 amide bonds. The van der Waals surface area contributed by atoms with Crippen molar-refractivity contribution in [3.05, 3.63) is 53.2 Å². The van der Waals surface area contributed by atoms with Crippen LogP contribution in [0.4, 0.5) is 10.2 Å². The third kappa shape index (κ3) is 2.26. The average Bonchev–Trinajstić information content (AvgIpc) is 2.47. The molecule has 1 heterocycles. The van der Waals surface area contributed by atoms with Crippen LogP contribution in [0.25, 0.3) is 0 Å². The Kier molecular flexibility index (Phi) is 4.02.